The molecule has 8 heteroatoms. The van der Waals surface area contributed by atoms with E-state index in [1.165, 1.54) is 53.3 Å². The summed E-state index contributed by atoms with van der Waals surface area (Å²) >= 11 is 6.74. The standard InChI is InChI=1S/C27H32FN5S2/c1-26-14-12-21-23(35-25(31-21)30-16-5-3-15(28)4-6-16)20(26)8-7-17-18-9-10-22(32-33-24(29)34)27(18,2)13-11-19(17)26/h3-6,8,17-19H,7,9-14H2,1-2H3,(H,30,31)(H3,29,33,34)/b32-22+/t17-,18-,19-,26+,27-/m0/s1. The van der Waals surface area contributed by atoms with Crippen LogP contribution in [0.3, 0.4) is 0 Å². The summed E-state index contributed by atoms with van der Waals surface area (Å²) in [4.78, 5) is 6.28. The Morgan fingerprint density at radius 1 is 1.14 bits per heavy atom. The van der Waals surface area contributed by atoms with Crippen LogP contribution in [-0.2, 0) is 6.42 Å². The molecule has 0 radical (unpaired) electrons. The molecule has 0 unspecified atom stereocenters. The van der Waals surface area contributed by atoms with Crippen molar-refractivity contribution in [2.45, 2.75) is 58.8 Å². The zero-order valence-electron chi connectivity index (χ0n) is 20.2. The Kier molecular flexibility index (Phi) is 5.53. The average Bonchev–Trinajstić information content (AvgIpc) is 3.39. The predicted molar refractivity (Wildman–Crippen MR) is 145 cm³/mol. The number of rotatable bonds is 3. The Morgan fingerprint density at radius 3 is 2.69 bits per heavy atom. The molecule has 0 amide bonds. The van der Waals surface area contributed by atoms with E-state index in [0.717, 1.165) is 36.5 Å². The molecular formula is C27H32FN5S2. The third-order valence-electron chi connectivity index (χ3n) is 9.43. The number of fused-ring (bicyclic) bond motifs is 7. The molecule has 5 atom stereocenters. The quantitative estimate of drug-likeness (QED) is 0.330. The lowest BCUT2D eigenvalue weighted by Crippen LogP contribution is -2.49. The zero-order valence-corrected chi connectivity index (χ0v) is 21.9. The van der Waals surface area contributed by atoms with Gasteiger partial charge in [0.15, 0.2) is 10.2 Å². The third kappa shape index (κ3) is 3.71. The monoisotopic (exact) mass is 509 g/mol. The Balaban J connectivity index is 1.28. The highest BCUT2D eigenvalue weighted by atomic mass is 32.1. The minimum absolute atomic E-state index is 0.136. The molecule has 2 fully saturated rings. The maximum Gasteiger partial charge on any atom is 0.187 e. The molecule has 4 aliphatic rings. The van der Waals surface area contributed by atoms with Crippen molar-refractivity contribution in [3.05, 3.63) is 46.7 Å². The van der Waals surface area contributed by atoms with Gasteiger partial charge in [0.2, 0.25) is 0 Å². The molecule has 4 aliphatic carbocycles. The van der Waals surface area contributed by atoms with Crippen LogP contribution in [0.25, 0.3) is 5.57 Å². The fraction of sp³-hybridized carbons (Fsp3) is 0.519. The van der Waals surface area contributed by atoms with Gasteiger partial charge < -0.3 is 11.1 Å². The summed E-state index contributed by atoms with van der Waals surface area (Å²) in [6, 6.07) is 6.48. The number of allylic oxidation sites excluding steroid dienone is 2. The second kappa shape index (κ2) is 8.37. The Morgan fingerprint density at radius 2 is 1.91 bits per heavy atom. The highest BCUT2D eigenvalue weighted by Crippen LogP contribution is 2.65. The molecule has 5 nitrogen and oxygen atoms in total. The number of nitrogens with zero attached hydrogens (tertiary/aromatic N) is 2. The van der Waals surface area contributed by atoms with E-state index in [2.05, 4.69) is 35.8 Å². The minimum Gasteiger partial charge on any atom is -0.375 e. The molecule has 4 N–H and O–H groups in total. The van der Waals surface area contributed by atoms with Gasteiger partial charge in [0.05, 0.1) is 10.6 Å². The fourth-order valence-corrected chi connectivity index (χ4v) is 8.94. The number of thiocarbonyl (C=S) groups is 1. The van der Waals surface area contributed by atoms with Gasteiger partial charge in [0.1, 0.15) is 5.82 Å². The van der Waals surface area contributed by atoms with Crippen molar-refractivity contribution < 1.29 is 4.39 Å². The van der Waals surface area contributed by atoms with E-state index >= 15 is 0 Å². The number of halogens is 1. The van der Waals surface area contributed by atoms with E-state index in [1.54, 1.807) is 23.5 Å². The number of hydrogen-bond donors (Lipinski definition) is 3. The van der Waals surface area contributed by atoms with Crippen LogP contribution in [0.1, 0.15) is 62.9 Å². The summed E-state index contributed by atoms with van der Waals surface area (Å²) in [6.45, 7) is 4.92. The molecule has 0 aliphatic heterocycles. The van der Waals surface area contributed by atoms with Crippen LogP contribution in [0.15, 0.2) is 35.4 Å². The number of thiazole rings is 1. The van der Waals surface area contributed by atoms with E-state index in [4.69, 9.17) is 22.9 Å². The van der Waals surface area contributed by atoms with Gasteiger partial charge in [-0.25, -0.2) is 9.37 Å². The van der Waals surface area contributed by atoms with Crippen LogP contribution in [-0.4, -0.2) is 15.8 Å². The molecule has 1 aromatic heterocycles. The average molecular weight is 510 g/mol. The van der Waals surface area contributed by atoms with E-state index in [1.807, 2.05) is 0 Å². The lowest BCUT2D eigenvalue weighted by atomic mass is 9.48. The normalized spacial score (nSPS) is 34.3. The first-order chi connectivity index (χ1) is 16.8. The Hall–Kier alpha value is -2.32. The van der Waals surface area contributed by atoms with Gasteiger partial charge in [-0.2, -0.15) is 5.10 Å². The number of nitrogens with two attached hydrogens (primary N) is 1. The largest absolute Gasteiger partial charge is 0.375 e. The lowest BCUT2D eigenvalue weighted by molar-refractivity contribution is 0.0116. The van der Waals surface area contributed by atoms with Crippen LogP contribution in [0.4, 0.5) is 15.2 Å². The third-order valence-corrected chi connectivity index (χ3v) is 10.6. The first-order valence-corrected chi connectivity index (χ1v) is 13.9. The molecule has 1 aromatic carbocycles. The van der Waals surface area contributed by atoms with Crippen molar-refractivity contribution in [2.75, 3.05) is 5.32 Å². The van der Waals surface area contributed by atoms with Crippen LogP contribution in [0.5, 0.6) is 0 Å². The predicted octanol–water partition coefficient (Wildman–Crippen LogP) is 6.40. The van der Waals surface area contributed by atoms with E-state index in [0.29, 0.717) is 17.8 Å². The van der Waals surface area contributed by atoms with Crippen molar-refractivity contribution in [3.63, 3.8) is 0 Å². The van der Waals surface area contributed by atoms with Gasteiger partial charge in [-0.3, -0.25) is 5.43 Å². The minimum atomic E-state index is -0.227. The first-order valence-electron chi connectivity index (χ1n) is 12.6. The molecule has 2 saturated carbocycles. The summed E-state index contributed by atoms with van der Waals surface area (Å²) in [5.41, 5.74) is 13.7. The van der Waals surface area contributed by atoms with Crippen LogP contribution in [0.2, 0.25) is 0 Å². The summed E-state index contributed by atoms with van der Waals surface area (Å²) in [6.07, 6.45) is 10.5. The Labute approximate surface area is 215 Å². The summed E-state index contributed by atoms with van der Waals surface area (Å²) in [5.74, 6) is 1.80. The van der Waals surface area contributed by atoms with Crippen LogP contribution in [0, 0.1) is 34.4 Å². The number of anilines is 2. The van der Waals surface area contributed by atoms with Crippen molar-refractivity contribution in [2.24, 2.45) is 39.4 Å². The topological polar surface area (TPSA) is 75.3 Å². The van der Waals surface area contributed by atoms with Crippen LogP contribution < -0.4 is 16.5 Å². The number of hydrazone groups is 1. The maximum absolute atomic E-state index is 13.3. The van der Waals surface area contributed by atoms with Gasteiger partial charge in [0.25, 0.3) is 0 Å². The number of nitrogens with one attached hydrogen (secondary N) is 2. The molecule has 6 rings (SSSR count). The van der Waals surface area contributed by atoms with Gasteiger partial charge in [-0.05, 0) is 110 Å². The Bertz CT molecular complexity index is 1230. The lowest BCUT2D eigenvalue weighted by Gasteiger charge is -2.56. The number of hydrogen-bond acceptors (Lipinski definition) is 5. The van der Waals surface area contributed by atoms with Gasteiger partial charge >= 0.3 is 0 Å². The maximum atomic E-state index is 13.3. The highest BCUT2D eigenvalue weighted by Gasteiger charge is 2.58. The summed E-state index contributed by atoms with van der Waals surface area (Å²) in [7, 11) is 0. The van der Waals surface area contributed by atoms with Crippen molar-refractivity contribution >= 4 is 50.8 Å². The molecule has 0 spiro atoms. The molecule has 1 heterocycles. The smallest absolute Gasteiger partial charge is 0.187 e. The molecule has 35 heavy (non-hydrogen) atoms. The number of aromatic nitrogens is 1. The number of aryl methyl sites for hydroxylation is 1. The van der Waals surface area contributed by atoms with Crippen molar-refractivity contribution in [3.8, 4) is 0 Å². The first kappa shape index (κ1) is 23.1. The van der Waals surface area contributed by atoms with E-state index < -0.39 is 0 Å². The van der Waals surface area contributed by atoms with Crippen molar-refractivity contribution in [1.82, 2.24) is 10.4 Å². The summed E-state index contributed by atoms with van der Waals surface area (Å²) in [5, 5.41) is 9.16. The van der Waals surface area contributed by atoms with E-state index in [9.17, 15) is 4.39 Å². The molecule has 184 valence electrons. The molecule has 0 bridgehead atoms. The second-order valence-electron chi connectivity index (χ2n) is 11.1. The molecular weight excluding hydrogens is 477 g/mol. The molecule has 0 saturated heterocycles. The van der Waals surface area contributed by atoms with Gasteiger partial charge in [-0.15, -0.1) is 0 Å². The van der Waals surface area contributed by atoms with Crippen molar-refractivity contribution in [1.29, 1.82) is 0 Å². The molecule has 2 aromatic rings. The SMILES string of the molecule is C[C@]12CCc3nc(Nc4ccc(F)cc4)sc3C1=CC[C@@H]1[C@@H]2CC[C@]2(C)/C(=N/NC(N)=S)CC[C@@H]12. The van der Waals surface area contributed by atoms with Gasteiger partial charge in [0, 0.05) is 16.8 Å². The number of benzene rings is 1. The van der Waals surface area contributed by atoms with E-state index in [-0.39, 0.29) is 21.8 Å². The second-order valence-corrected chi connectivity index (χ2v) is 12.5. The zero-order chi connectivity index (χ0) is 24.4. The van der Waals surface area contributed by atoms with Crippen LogP contribution >= 0.6 is 23.6 Å². The summed E-state index contributed by atoms with van der Waals surface area (Å²) < 4.78 is 13.3. The van der Waals surface area contributed by atoms with Gasteiger partial charge in [-0.1, -0.05) is 31.3 Å². The fourth-order valence-electron chi connectivity index (χ4n) is 7.68. The highest BCUT2D eigenvalue weighted by molar-refractivity contribution is 7.80.